The molecule has 1 rings (SSSR count). The van der Waals surface area contributed by atoms with Crippen molar-refractivity contribution in [3.05, 3.63) is 0 Å². The molecule has 1 aliphatic heterocycles. The number of hydrogen-bond donors (Lipinski definition) is 1. The van der Waals surface area contributed by atoms with Crippen molar-refractivity contribution in [3.63, 3.8) is 0 Å². The highest BCUT2D eigenvalue weighted by Gasteiger charge is 2.26. The van der Waals surface area contributed by atoms with Crippen LogP contribution in [-0.2, 0) is 10.2 Å². The molecule has 1 heterocycles. The highest BCUT2D eigenvalue weighted by Crippen LogP contribution is 2.17. The molecule has 0 aliphatic carbocycles. The number of rotatable bonds is 5. The van der Waals surface area contributed by atoms with Crippen LogP contribution in [0.15, 0.2) is 0 Å². The van der Waals surface area contributed by atoms with Crippen molar-refractivity contribution in [1.29, 1.82) is 0 Å². The lowest BCUT2D eigenvalue weighted by molar-refractivity contribution is 0.284. The van der Waals surface area contributed by atoms with Crippen molar-refractivity contribution < 1.29 is 8.42 Å². The minimum absolute atomic E-state index is 0.318. The summed E-state index contributed by atoms with van der Waals surface area (Å²) in [5.74, 6) is 0.964. The van der Waals surface area contributed by atoms with Crippen LogP contribution in [0.2, 0.25) is 0 Å². The number of nitrogens with one attached hydrogen (secondary N) is 1. The van der Waals surface area contributed by atoms with Gasteiger partial charge in [-0.3, -0.25) is 0 Å². The predicted octanol–water partition coefficient (Wildman–Crippen LogP) is 1.58. The summed E-state index contributed by atoms with van der Waals surface area (Å²) in [7, 11) is -3.25. The van der Waals surface area contributed by atoms with Gasteiger partial charge in [-0.2, -0.15) is 12.7 Å². The maximum atomic E-state index is 11.9. The van der Waals surface area contributed by atoms with Crippen molar-refractivity contribution in [2.24, 2.45) is 11.8 Å². The molecule has 6 heteroatoms. The molecule has 0 aromatic rings. The van der Waals surface area contributed by atoms with Crippen LogP contribution in [0, 0.1) is 11.8 Å². The molecule has 0 bridgehead atoms. The van der Waals surface area contributed by atoms with Crippen LogP contribution in [-0.4, -0.2) is 37.7 Å². The zero-order valence-corrected chi connectivity index (χ0v) is 12.3. The average molecular weight is 313 g/mol. The Morgan fingerprint density at radius 2 is 2.00 bits per heavy atom. The molecule has 1 N–H and O–H groups in total. The maximum absolute atomic E-state index is 11.9. The third kappa shape index (κ3) is 4.31. The quantitative estimate of drug-likeness (QED) is 0.784. The first kappa shape index (κ1) is 14.4. The van der Waals surface area contributed by atoms with Gasteiger partial charge < -0.3 is 0 Å². The van der Waals surface area contributed by atoms with Gasteiger partial charge in [0.25, 0.3) is 10.2 Å². The molecule has 16 heavy (non-hydrogen) atoms. The number of hydrogen-bond acceptors (Lipinski definition) is 2. The van der Waals surface area contributed by atoms with Crippen LogP contribution in [0.3, 0.4) is 0 Å². The van der Waals surface area contributed by atoms with E-state index in [1.54, 1.807) is 4.31 Å². The molecule has 0 amide bonds. The van der Waals surface area contributed by atoms with Gasteiger partial charge in [0, 0.05) is 25.0 Å². The van der Waals surface area contributed by atoms with Gasteiger partial charge in [-0.15, -0.1) is 0 Å². The molecular weight excluding hydrogens is 292 g/mol. The van der Waals surface area contributed by atoms with Gasteiger partial charge in [-0.25, -0.2) is 4.72 Å². The summed E-state index contributed by atoms with van der Waals surface area (Å²) in [5, 5.41) is 0.812. The topological polar surface area (TPSA) is 49.4 Å². The second kappa shape index (κ2) is 6.33. The van der Waals surface area contributed by atoms with Crippen molar-refractivity contribution in [3.8, 4) is 0 Å². The predicted molar refractivity (Wildman–Crippen MR) is 69.9 cm³/mol. The van der Waals surface area contributed by atoms with E-state index in [1.165, 1.54) is 0 Å². The molecule has 4 nitrogen and oxygen atoms in total. The van der Waals surface area contributed by atoms with Crippen molar-refractivity contribution in [2.75, 3.05) is 25.0 Å². The summed E-state index contributed by atoms with van der Waals surface area (Å²) in [5.41, 5.74) is 0. The molecule has 0 radical (unpaired) electrons. The number of halogens is 1. The van der Waals surface area contributed by atoms with Gasteiger partial charge in [0.15, 0.2) is 0 Å². The molecule has 1 fully saturated rings. The second-order valence-electron chi connectivity index (χ2n) is 4.69. The van der Waals surface area contributed by atoms with Crippen molar-refractivity contribution >= 4 is 26.1 Å². The Kier molecular flexibility index (Phi) is 5.70. The fourth-order valence-corrected chi connectivity index (χ4v) is 3.22. The van der Waals surface area contributed by atoms with Gasteiger partial charge in [-0.1, -0.05) is 29.8 Å². The van der Waals surface area contributed by atoms with Crippen LogP contribution in [0.25, 0.3) is 0 Å². The van der Waals surface area contributed by atoms with E-state index in [4.69, 9.17) is 0 Å². The second-order valence-corrected chi connectivity index (χ2v) is 7.10. The first-order chi connectivity index (χ1) is 7.45. The van der Waals surface area contributed by atoms with Crippen LogP contribution in [0.1, 0.15) is 26.7 Å². The van der Waals surface area contributed by atoms with E-state index in [0.29, 0.717) is 31.5 Å². The molecule has 96 valence electrons. The van der Waals surface area contributed by atoms with Crippen LogP contribution in [0.4, 0.5) is 0 Å². The van der Waals surface area contributed by atoms with Gasteiger partial charge >= 0.3 is 0 Å². The molecule has 0 aromatic carbocycles. The van der Waals surface area contributed by atoms with Gasteiger partial charge in [-0.05, 0) is 24.7 Å². The van der Waals surface area contributed by atoms with E-state index in [1.807, 2.05) is 6.92 Å². The van der Waals surface area contributed by atoms with Crippen LogP contribution >= 0.6 is 15.9 Å². The smallest absolute Gasteiger partial charge is 0.202 e. The lowest BCUT2D eigenvalue weighted by Gasteiger charge is -2.29. The third-order valence-corrected chi connectivity index (χ3v) is 5.64. The Bertz CT molecular complexity index is 300. The SMILES string of the molecule is CC1CCN(S(=O)(=O)NCC(C)CBr)CC1. The van der Waals surface area contributed by atoms with E-state index in [-0.39, 0.29) is 0 Å². The van der Waals surface area contributed by atoms with Gasteiger partial charge in [0.05, 0.1) is 0 Å². The van der Waals surface area contributed by atoms with E-state index in [0.717, 1.165) is 18.2 Å². The summed E-state index contributed by atoms with van der Waals surface area (Å²) < 4.78 is 28.1. The molecular formula is C10H21BrN2O2S. The summed E-state index contributed by atoms with van der Waals surface area (Å²) >= 11 is 3.34. The monoisotopic (exact) mass is 312 g/mol. The first-order valence-corrected chi connectivity index (χ1v) is 8.32. The standard InChI is InChI=1S/C10H21BrN2O2S/c1-9-3-5-13(6-4-9)16(14,15)12-8-10(2)7-11/h9-10,12H,3-8H2,1-2H3. The summed E-state index contributed by atoms with van der Waals surface area (Å²) in [6.07, 6.45) is 1.93. The third-order valence-electron chi connectivity index (χ3n) is 2.96. The largest absolute Gasteiger partial charge is 0.279 e. The van der Waals surface area contributed by atoms with E-state index < -0.39 is 10.2 Å². The number of piperidine rings is 1. The van der Waals surface area contributed by atoms with Crippen LogP contribution in [0.5, 0.6) is 0 Å². The lowest BCUT2D eigenvalue weighted by Crippen LogP contribution is -2.45. The van der Waals surface area contributed by atoms with Gasteiger partial charge in [0.2, 0.25) is 0 Å². The lowest BCUT2D eigenvalue weighted by atomic mass is 10.0. The van der Waals surface area contributed by atoms with Crippen molar-refractivity contribution in [1.82, 2.24) is 9.03 Å². The number of alkyl halides is 1. The molecule has 0 saturated carbocycles. The highest BCUT2D eigenvalue weighted by molar-refractivity contribution is 9.09. The van der Waals surface area contributed by atoms with Crippen molar-refractivity contribution in [2.45, 2.75) is 26.7 Å². The highest BCUT2D eigenvalue weighted by atomic mass is 79.9. The fourth-order valence-electron chi connectivity index (χ4n) is 1.62. The average Bonchev–Trinajstić information content (AvgIpc) is 2.26. The number of nitrogens with zero attached hydrogens (tertiary/aromatic N) is 1. The Morgan fingerprint density at radius 1 is 1.44 bits per heavy atom. The summed E-state index contributed by atoms with van der Waals surface area (Å²) in [6.45, 7) is 5.98. The Hall–Kier alpha value is 0.350. The molecule has 1 saturated heterocycles. The maximum Gasteiger partial charge on any atom is 0.279 e. The van der Waals surface area contributed by atoms with E-state index in [9.17, 15) is 8.42 Å². The molecule has 1 atom stereocenters. The first-order valence-electron chi connectivity index (χ1n) is 5.76. The van der Waals surface area contributed by atoms with E-state index in [2.05, 4.69) is 27.6 Å². The molecule has 0 spiro atoms. The Balaban J connectivity index is 2.44. The van der Waals surface area contributed by atoms with E-state index >= 15 is 0 Å². The minimum atomic E-state index is -3.25. The molecule has 0 aromatic heterocycles. The Morgan fingerprint density at radius 3 is 2.50 bits per heavy atom. The Labute approximate surface area is 107 Å². The van der Waals surface area contributed by atoms with Gasteiger partial charge in [0.1, 0.15) is 0 Å². The minimum Gasteiger partial charge on any atom is -0.202 e. The van der Waals surface area contributed by atoms with Crippen LogP contribution < -0.4 is 4.72 Å². The molecule has 1 aliphatic rings. The zero-order valence-electron chi connectivity index (χ0n) is 9.95. The summed E-state index contributed by atoms with van der Waals surface area (Å²) in [6, 6.07) is 0. The molecule has 1 unspecified atom stereocenters. The fraction of sp³-hybridized carbons (Fsp3) is 1.00. The zero-order chi connectivity index (χ0) is 12.2. The normalized spacial score (nSPS) is 22.2. The summed E-state index contributed by atoms with van der Waals surface area (Å²) in [4.78, 5) is 0.